The average molecular weight is 313 g/mol. The van der Waals surface area contributed by atoms with Crippen LogP contribution in [0.25, 0.3) is 0 Å². The average Bonchev–Trinajstić information content (AvgIpc) is 3.20. The Bertz CT molecular complexity index is 666. The maximum absolute atomic E-state index is 12.5. The molecule has 2 rings (SSSR count). The van der Waals surface area contributed by atoms with Crippen molar-refractivity contribution < 1.29 is 13.3 Å². The molecule has 0 unspecified atom stereocenters. The zero-order chi connectivity index (χ0) is 15.8. The highest BCUT2D eigenvalue weighted by molar-refractivity contribution is 7.89. The van der Waals surface area contributed by atoms with Crippen LogP contribution >= 0.6 is 0 Å². The molecule has 0 bridgehead atoms. The van der Waals surface area contributed by atoms with Crippen molar-refractivity contribution in [2.75, 3.05) is 12.4 Å². The van der Waals surface area contributed by atoms with Gasteiger partial charge in [-0.15, -0.1) is 0 Å². The van der Waals surface area contributed by atoms with Crippen molar-refractivity contribution in [3.63, 3.8) is 0 Å². The van der Waals surface area contributed by atoms with E-state index >= 15 is 0 Å². The molecule has 0 heterocycles. The summed E-state index contributed by atoms with van der Waals surface area (Å²) in [5.41, 5.74) is -0.867. The molecule has 116 valence electrons. The van der Waals surface area contributed by atoms with E-state index in [0.717, 1.165) is 12.8 Å². The zero-order valence-electron chi connectivity index (χ0n) is 12.2. The van der Waals surface area contributed by atoms with Gasteiger partial charge in [-0.25, -0.2) is 13.1 Å². The molecule has 0 spiro atoms. The van der Waals surface area contributed by atoms with Crippen LogP contribution in [0.1, 0.15) is 26.7 Å². The van der Waals surface area contributed by atoms with Crippen molar-refractivity contribution in [3.8, 4) is 0 Å². The molecule has 0 radical (unpaired) electrons. The van der Waals surface area contributed by atoms with Gasteiger partial charge >= 0.3 is 5.69 Å². The zero-order valence-corrected chi connectivity index (χ0v) is 13.0. The summed E-state index contributed by atoms with van der Waals surface area (Å²) in [6, 6.07) is 4.21. The standard InChI is InChI=1S/C13H19N3O4S/c1-13(2,9-7-8-9)15-21(19,20)11-6-4-5-10(14-3)12(11)16(17)18/h4-6,9,14-15H,7-8H2,1-3H3. The first kappa shape index (κ1) is 15.7. The number of benzene rings is 1. The maximum atomic E-state index is 12.5. The van der Waals surface area contributed by atoms with Gasteiger partial charge < -0.3 is 5.32 Å². The fourth-order valence-electron chi connectivity index (χ4n) is 2.42. The largest absolute Gasteiger partial charge is 0.383 e. The minimum atomic E-state index is -3.96. The third-order valence-corrected chi connectivity index (χ3v) is 5.44. The van der Waals surface area contributed by atoms with E-state index in [4.69, 9.17) is 0 Å². The second kappa shape index (κ2) is 5.27. The summed E-state index contributed by atoms with van der Waals surface area (Å²) in [6.07, 6.45) is 1.93. The molecular formula is C13H19N3O4S. The van der Waals surface area contributed by atoms with E-state index in [2.05, 4.69) is 10.0 Å². The summed E-state index contributed by atoms with van der Waals surface area (Å²) in [4.78, 5) is 10.2. The molecule has 1 aliphatic carbocycles. The fraction of sp³-hybridized carbons (Fsp3) is 0.538. The highest BCUT2D eigenvalue weighted by Crippen LogP contribution is 2.40. The minimum Gasteiger partial charge on any atom is -0.383 e. The Morgan fingerprint density at radius 3 is 2.43 bits per heavy atom. The van der Waals surface area contributed by atoms with Crippen molar-refractivity contribution in [3.05, 3.63) is 28.3 Å². The van der Waals surface area contributed by atoms with Crippen LogP contribution in [0.4, 0.5) is 11.4 Å². The summed E-state index contributed by atoms with van der Waals surface area (Å²) in [5.74, 6) is 0.277. The number of nitro benzene ring substituents is 1. The van der Waals surface area contributed by atoms with Gasteiger partial charge in [0.2, 0.25) is 10.0 Å². The SMILES string of the molecule is CNc1cccc(S(=O)(=O)NC(C)(C)C2CC2)c1[N+](=O)[O-]. The molecule has 0 amide bonds. The number of sulfonamides is 1. The monoisotopic (exact) mass is 313 g/mol. The molecule has 8 heteroatoms. The number of nitrogens with one attached hydrogen (secondary N) is 2. The van der Waals surface area contributed by atoms with Crippen LogP contribution in [0.5, 0.6) is 0 Å². The highest BCUT2D eigenvalue weighted by Gasteiger charge is 2.42. The Balaban J connectivity index is 2.47. The second-order valence-electron chi connectivity index (χ2n) is 5.76. The van der Waals surface area contributed by atoms with E-state index in [1.165, 1.54) is 25.2 Å². The number of para-hydroxylation sites is 1. The summed E-state index contributed by atoms with van der Waals surface area (Å²) in [6.45, 7) is 3.60. The third-order valence-electron chi connectivity index (χ3n) is 3.74. The van der Waals surface area contributed by atoms with Gasteiger partial charge in [0, 0.05) is 12.6 Å². The van der Waals surface area contributed by atoms with Gasteiger partial charge in [0.25, 0.3) is 0 Å². The van der Waals surface area contributed by atoms with E-state index < -0.39 is 26.2 Å². The summed E-state index contributed by atoms with van der Waals surface area (Å²) in [5, 5.41) is 13.9. The number of nitro groups is 1. The number of rotatable bonds is 6. The molecule has 0 aliphatic heterocycles. The quantitative estimate of drug-likeness (QED) is 0.618. The van der Waals surface area contributed by atoms with Crippen molar-refractivity contribution >= 4 is 21.4 Å². The van der Waals surface area contributed by atoms with Crippen molar-refractivity contribution in [1.29, 1.82) is 0 Å². The molecule has 0 atom stereocenters. The lowest BCUT2D eigenvalue weighted by molar-refractivity contribution is -0.386. The molecule has 2 N–H and O–H groups in total. The summed E-state index contributed by atoms with van der Waals surface area (Å²) < 4.78 is 27.7. The van der Waals surface area contributed by atoms with Crippen LogP contribution in [0.2, 0.25) is 0 Å². The van der Waals surface area contributed by atoms with Crippen LogP contribution in [0.15, 0.2) is 23.1 Å². The van der Waals surface area contributed by atoms with Crippen LogP contribution < -0.4 is 10.0 Å². The predicted molar refractivity (Wildman–Crippen MR) is 79.8 cm³/mol. The molecule has 1 aromatic rings. The molecule has 1 fully saturated rings. The van der Waals surface area contributed by atoms with Gasteiger partial charge in [0.05, 0.1) is 4.92 Å². The van der Waals surface area contributed by atoms with E-state index in [1.54, 1.807) is 13.8 Å². The number of hydrogen-bond acceptors (Lipinski definition) is 5. The van der Waals surface area contributed by atoms with Crippen molar-refractivity contribution in [1.82, 2.24) is 4.72 Å². The van der Waals surface area contributed by atoms with Gasteiger partial charge in [-0.1, -0.05) is 6.07 Å². The van der Waals surface area contributed by atoms with Gasteiger partial charge in [-0.3, -0.25) is 10.1 Å². The van der Waals surface area contributed by atoms with Crippen LogP contribution in [0, 0.1) is 16.0 Å². The van der Waals surface area contributed by atoms with Gasteiger partial charge in [0.15, 0.2) is 4.90 Å². The number of nitrogens with zero attached hydrogens (tertiary/aromatic N) is 1. The molecule has 21 heavy (non-hydrogen) atoms. The Morgan fingerprint density at radius 2 is 1.95 bits per heavy atom. The first-order chi connectivity index (χ1) is 9.69. The molecule has 0 saturated heterocycles. The highest BCUT2D eigenvalue weighted by atomic mass is 32.2. The molecule has 1 aliphatic rings. The second-order valence-corrected chi connectivity index (χ2v) is 7.41. The number of hydrogen-bond donors (Lipinski definition) is 2. The molecular weight excluding hydrogens is 294 g/mol. The molecule has 1 aromatic carbocycles. The Kier molecular flexibility index (Phi) is 3.94. The van der Waals surface area contributed by atoms with Crippen molar-refractivity contribution in [2.24, 2.45) is 5.92 Å². The molecule has 0 aromatic heterocycles. The first-order valence-electron chi connectivity index (χ1n) is 6.68. The Morgan fingerprint density at radius 1 is 1.33 bits per heavy atom. The molecule has 1 saturated carbocycles. The van der Waals surface area contributed by atoms with Gasteiger partial charge in [0.1, 0.15) is 5.69 Å². The summed E-state index contributed by atoms with van der Waals surface area (Å²) >= 11 is 0. The predicted octanol–water partition coefficient (Wildman–Crippen LogP) is 2.10. The van der Waals surface area contributed by atoms with E-state index in [1.807, 2.05) is 0 Å². The third kappa shape index (κ3) is 3.16. The van der Waals surface area contributed by atoms with Crippen LogP contribution in [-0.4, -0.2) is 25.9 Å². The van der Waals surface area contributed by atoms with Gasteiger partial charge in [-0.05, 0) is 44.7 Å². The smallest absolute Gasteiger partial charge is 0.312 e. The first-order valence-corrected chi connectivity index (χ1v) is 8.16. The Hall–Kier alpha value is -1.67. The van der Waals surface area contributed by atoms with E-state index in [9.17, 15) is 18.5 Å². The lowest BCUT2D eigenvalue weighted by Crippen LogP contribution is -2.45. The Labute approximate surface area is 123 Å². The van der Waals surface area contributed by atoms with Crippen LogP contribution in [-0.2, 0) is 10.0 Å². The minimum absolute atomic E-state index is 0.173. The topological polar surface area (TPSA) is 101 Å². The lowest BCUT2D eigenvalue weighted by Gasteiger charge is -2.25. The maximum Gasteiger partial charge on any atom is 0.312 e. The normalized spacial score (nSPS) is 15.8. The molecule has 7 nitrogen and oxygen atoms in total. The van der Waals surface area contributed by atoms with Crippen molar-refractivity contribution in [2.45, 2.75) is 37.1 Å². The number of anilines is 1. The summed E-state index contributed by atoms with van der Waals surface area (Å²) in [7, 11) is -2.45. The lowest BCUT2D eigenvalue weighted by atomic mass is 10.0. The van der Waals surface area contributed by atoms with E-state index in [0.29, 0.717) is 0 Å². The van der Waals surface area contributed by atoms with Gasteiger partial charge in [-0.2, -0.15) is 0 Å². The fourth-order valence-corrected chi connectivity index (χ4v) is 4.08. The van der Waals surface area contributed by atoms with E-state index in [-0.39, 0.29) is 16.5 Å². The van der Waals surface area contributed by atoms with Crippen LogP contribution in [0.3, 0.4) is 0 Å².